The Kier molecular flexibility index (Phi) is 5.40. The number of fused-ring (bicyclic) bond motifs is 1. The molecule has 0 unspecified atom stereocenters. The molecular formula is C18H21N3O5. The van der Waals surface area contributed by atoms with Gasteiger partial charge in [-0.25, -0.2) is 0 Å². The minimum Gasteiger partial charge on any atom is -0.486 e. The minimum atomic E-state index is -0.497. The summed E-state index contributed by atoms with van der Waals surface area (Å²) >= 11 is 0. The number of benzene rings is 1. The minimum absolute atomic E-state index is 0.106. The van der Waals surface area contributed by atoms with Crippen molar-refractivity contribution in [2.75, 3.05) is 37.7 Å². The van der Waals surface area contributed by atoms with E-state index in [4.69, 9.17) is 9.47 Å². The average Bonchev–Trinajstić information content (AvgIpc) is 3.05. The van der Waals surface area contributed by atoms with E-state index in [9.17, 15) is 14.4 Å². The molecule has 2 aliphatic rings. The van der Waals surface area contributed by atoms with Crippen molar-refractivity contribution < 1.29 is 23.9 Å². The first-order valence-corrected chi connectivity index (χ1v) is 8.44. The summed E-state index contributed by atoms with van der Waals surface area (Å²) in [7, 11) is 0. The molecular weight excluding hydrogens is 338 g/mol. The number of hydrogen-bond acceptors (Lipinski definition) is 5. The second-order valence-electron chi connectivity index (χ2n) is 6.04. The van der Waals surface area contributed by atoms with Gasteiger partial charge in [0.2, 0.25) is 17.7 Å². The molecule has 1 aromatic carbocycles. The first kappa shape index (κ1) is 17.8. The van der Waals surface area contributed by atoms with Crippen LogP contribution in [0.4, 0.5) is 5.69 Å². The number of carbonyl (C=O) groups is 3. The largest absolute Gasteiger partial charge is 0.486 e. The fourth-order valence-corrected chi connectivity index (χ4v) is 2.89. The highest BCUT2D eigenvalue weighted by atomic mass is 16.6. The molecule has 0 aromatic heterocycles. The van der Waals surface area contributed by atoms with Crippen LogP contribution in [0.3, 0.4) is 0 Å². The van der Waals surface area contributed by atoms with Crippen LogP contribution >= 0.6 is 0 Å². The Morgan fingerprint density at radius 3 is 2.77 bits per heavy atom. The van der Waals surface area contributed by atoms with E-state index < -0.39 is 5.92 Å². The molecule has 1 atom stereocenters. The Morgan fingerprint density at radius 2 is 2.00 bits per heavy atom. The number of carbonyl (C=O) groups excluding carboxylic acids is 3. The van der Waals surface area contributed by atoms with Crippen LogP contribution in [0.25, 0.3) is 0 Å². The number of amides is 3. The van der Waals surface area contributed by atoms with Crippen LogP contribution in [0.2, 0.25) is 0 Å². The lowest BCUT2D eigenvalue weighted by molar-refractivity contribution is -0.128. The third kappa shape index (κ3) is 3.96. The summed E-state index contributed by atoms with van der Waals surface area (Å²) in [6, 6.07) is 5.28. The Hall–Kier alpha value is -3.03. The summed E-state index contributed by atoms with van der Waals surface area (Å²) in [5.41, 5.74) is 0.665. The molecule has 1 aromatic rings. The van der Waals surface area contributed by atoms with Gasteiger partial charge in [-0.2, -0.15) is 0 Å². The molecule has 3 rings (SSSR count). The van der Waals surface area contributed by atoms with Gasteiger partial charge < -0.3 is 25.0 Å². The lowest BCUT2D eigenvalue weighted by atomic mass is 10.1. The van der Waals surface area contributed by atoms with E-state index >= 15 is 0 Å². The van der Waals surface area contributed by atoms with Gasteiger partial charge in [0.1, 0.15) is 13.2 Å². The number of anilines is 1. The molecule has 3 amide bonds. The van der Waals surface area contributed by atoms with Crippen LogP contribution in [0.5, 0.6) is 11.5 Å². The van der Waals surface area contributed by atoms with Gasteiger partial charge in [0.05, 0.1) is 12.5 Å². The van der Waals surface area contributed by atoms with Crippen LogP contribution in [0, 0.1) is 5.92 Å². The topological polar surface area (TPSA) is 97.0 Å². The molecule has 26 heavy (non-hydrogen) atoms. The zero-order valence-corrected chi connectivity index (χ0v) is 14.3. The smallest absolute Gasteiger partial charge is 0.239 e. The molecule has 2 heterocycles. The van der Waals surface area contributed by atoms with Gasteiger partial charge in [-0.1, -0.05) is 6.08 Å². The fourth-order valence-electron chi connectivity index (χ4n) is 2.89. The predicted molar refractivity (Wildman–Crippen MR) is 94.1 cm³/mol. The van der Waals surface area contributed by atoms with Crippen molar-refractivity contribution in [1.82, 2.24) is 10.6 Å². The van der Waals surface area contributed by atoms with Crippen molar-refractivity contribution in [2.24, 2.45) is 5.92 Å². The maximum absolute atomic E-state index is 12.3. The van der Waals surface area contributed by atoms with Crippen molar-refractivity contribution in [3.8, 4) is 11.5 Å². The highest BCUT2D eigenvalue weighted by Crippen LogP contribution is 2.35. The van der Waals surface area contributed by atoms with Gasteiger partial charge in [-0.3, -0.25) is 14.4 Å². The number of ether oxygens (including phenoxy) is 2. The van der Waals surface area contributed by atoms with Crippen LogP contribution < -0.4 is 25.0 Å². The summed E-state index contributed by atoms with van der Waals surface area (Å²) in [6.07, 6.45) is 1.66. The van der Waals surface area contributed by atoms with E-state index in [0.29, 0.717) is 36.9 Å². The lowest BCUT2D eigenvalue weighted by Crippen LogP contribution is -2.40. The van der Waals surface area contributed by atoms with E-state index in [2.05, 4.69) is 17.2 Å². The fraction of sp³-hybridized carbons (Fsp3) is 0.389. The quantitative estimate of drug-likeness (QED) is 0.709. The van der Waals surface area contributed by atoms with Crippen molar-refractivity contribution in [1.29, 1.82) is 0 Å². The number of nitrogens with one attached hydrogen (secondary N) is 2. The molecule has 8 nitrogen and oxygen atoms in total. The Bertz CT molecular complexity index is 734. The molecule has 138 valence electrons. The zero-order chi connectivity index (χ0) is 18.5. The van der Waals surface area contributed by atoms with Gasteiger partial charge in [0.15, 0.2) is 11.5 Å². The highest BCUT2D eigenvalue weighted by molar-refractivity contribution is 6.01. The van der Waals surface area contributed by atoms with E-state index in [-0.39, 0.29) is 37.2 Å². The van der Waals surface area contributed by atoms with Crippen LogP contribution in [0.1, 0.15) is 6.42 Å². The second kappa shape index (κ2) is 7.90. The molecule has 0 aliphatic carbocycles. The maximum atomic E-state index is 12.3. The summed E-state index contributed by atoms with van der Waals surface area (Å²) in [5, 5.41) is 5.14. The van der Waals surface area contributed by atoms with E-state index in [0.717, 1.165) is 0 Å². The predicted octanol–water partition coefficient (Wildman–Crippen LogP) is 0.229. The summed E-state index contributed by atoms with van der Waals surface area (Å²) < 4.78 is 11.0. The lowest BCUT2D eigenvalue weighted by Gasteiger charge is -2.22. The van der Waals surface area contributed by atoms with Crippen LogP contribution in [-0.4, -0.2) is 50.6 Å². The monoisotopic (exact) mass is 359 g/mol. The van der Waals surface area contributed by atoms with Crippen molar-refractivity contribution in [3.05, 3.63) is 30.9 Å². The molecule has 1 saturated heterocycles. The molecule has 1 fully saturated rings. The Morgan fingerprint density at radius 1 is 1.23 bits per heavy atom. The molecule has 0 radical (unpaired) electrons. The van der Waals surface area contributed by atoms with Gasteiger partial charge in [-0.15, -0.1) is 6.58 Å². The molecule has 0 bridgehead atoms. The van der Waals surface area contributed by atoms with E-state index in [1.807, 2.05) is 0 Å². The average molecular weight is 359 g/mol. The van der Waals surface area contributed by atoms with Crippen LogP contribution in [-0.2, 0) is 14.4 Å². The van der Waals surface area contributed by atoms with Crippen molar-refractivity contribution >= 4 is 23.4 Å². The third-order valence-corrected chi connectivity index (χ3v) is 4.20. The second-order valence-corrected chi connectivity index (χ2v) is 6.04. The maximum Gasteiger partial charge on any atom is 0.239 e. The van der Waals surface area contributed by atoms with Gasteiger partial charge in [0, 0.05) is 31.3 Å². The Labute approximate surface area is 151 Å². The van der Waals surface area contributed by atoms with Gasteiger partial charge in [0.25, 0.3) is 0 Å². The number of nitrogens with zero attached hydrogens (tertiary/aromatic N) is 1. The SMILES string of the molecule is C=CCNC(=O)CNC(=O)[C@@H]1CC(=O)N(c2ccc3c(c2)OCCO3)C1. The normalized spacial score (nSPS) is 18.4. The first-order chi connectivity index (χ1) is 12.6. The Balaban J connectivity index is 1.59. The number of hydrogen-bond donors (Lipinski definition) is 2. The zero-order valence-electron chi connectivity index (χ0n) is 14.3. The molecule has 0 spiro atoms. The molecule has 2 aliphatic heterocycles. The highest BCUT2D eigenvalue weighted by Gasteiger charge is 2.35. The molecule has 2 N–H and O–H groups in total. The standard InChI is InChI=1S/C18H21N3O5/c1-2-5-19-16(22)10-20-18(24)12-8-17(23)21(11-12)13-3-4-14-15(9-13)26-7-6-25-14/h2-4,9,12H,1,5-8,10-11H2,(H,19,22)(H,20,24)/t12-/m1/s1. The van der Waals surface area contributed by atoms with Gasteiger partial charge in [-0.05, 0) is 12.1 Å². The van der Waals surface area contributed by atoms with E-state index in [1.54, 1.807) is 29.2 Å². The molecule has 0 saturated carbocycles. The third-order valence-electron chi connectivity index (χ3n) is 4.20. The summed E-state index contributed by atoms with van der Waals surface area (Å²) in [6.45, 7) is 4.94. The first-order valence-electron chi connectivity index (χ1n) is 8.44. The van der Waals surface area contributed by atoms with Crippen LogP contribution in [0.15, 0.2) is 30.9 Å². The summed E-state index contributed by atoms with van der Waals surface area (Å²) in [5.74, 6) is -0.0147. The number of rotatable bonds is 6. The van der Waals surface area contributed by atoms with E-state index in [1.165, 1.54) is 0 Å². The van der Waals surface area contributed by atoms with Crippen molar-refractivity contribution in [2.45, 2.75) is 6.42 Å². The van der Waals surface area contributed by atoms with Gasteiger partial charge >= 0.3 is 0 Å². The molecule has 8 heteroatoms. The van der Waals surface area contributed by atoms with Crippen molar-refractivity contribution in [3.63, 3.8) is 0 Å². The summed E-state index contributed by atoms with van der Waals surface area (Å²) in [4.78, 5) is 37.7.